The Balaban J connectivity index is 1.55. The number of para-hydroxylation sites is 1. The lowest BCUT2D eigenvalue weighted by Crippen LogP contribution is -2.26. The lowest BCUT2D eigenvalue weighted by molar-refractivity contribution is -0.116. The predicted octanol–water partition coefficient (Wildman–Crippen LogP) is 3.66. The van der Waals surface area contributed by atoms with Gasteiger partial charge in [-0.05, 0) is 63.9 Å². The predicted molar refractivity (Wildman–Crippen MR) is 116 cm³/mol. The van der Waals surface area contributed by atoms with Gasteiger partial charge in [-0.15, -0.1) is 0 Å². The highest BCUT2D eigenvalue weighted by molar-refractivity contribution is 5.91. The number of anilines is 1. The number of hydrogen-bond donors (Lipinski definition) is 1. The summed E-state index contributed by atoms with van der Waals surface area (Å²) in [6.07, 6.45) is 6.10. The highest BCUT2D eigenvalue weighted by Crippen LogP contribution is 2.20. The van der Waals surface area contributed by atoms with Crippen molar-refractivity contribution in [3.63, 3.8) is 0 Å². The maximum absolute atomic E-state index is 12.5. The minimum atomic E-state index is -0.245. The van der Waals surface area contributed by atoms with Crippen LogP contribution in [0.1, 0.15) is 55.5 Å². The van der Waals surface area contributed by atoms with E-state index in [1.165, 1.54) is 25.7 Å². The molecular formula is C23H32N4O2. The van der Waals surface area contributed by atoms with E-state index in [1.54, 1.807) is 4.57 Å². The number of benzene rings is 1. The van der Waals surface area contributed by atoms with Crippen LogP contribution < -0.4 is 11.0 Å². The quantitative estimate of drug-likeness (QED) is 0.776. The van der Waals surface area contributed by atoms with E-state index in [4.69, 9.17) is 0 Å². The maximum atomic E-state index is 12.5. The van der Waals surface area contributed by atoms with Crippen LogP contribution in [-0.2, 0) is 17.9 Å². The molecule has 2 heterocycles. The molecule has 0 spiro atoms. The van der Waals surface area contributed by atoms with Crippen molar-refractivity contribution in [3.05, 3.63) is 57.8 Å². The van der Waals surface area contributed by atoms with Gasteiger partial charge in [-0.3, -0.25) is 14.3 Å². The SMILES string of the molecule is Cc1cc(C)n(CCCC(=O)Nc2ccccc2CN2CCCCCC2)c(=O)n1. The monoisotopic (exact) mass is 396 g/mol. The van der Waals surface area contributed by atoms with E-state index >= 15 is 0 Å². The van der Waals surface area contributed by atoms with Crippen LogP contribution in [0.15, 0.2) is 35.1 Å². The zero-order valence-corrected chi connectivity index (χ0v) is 17.6. The third-order valence-corrected chi connectivity index (χ3v) is 5.52. The first-order valence-corrected chi connectivity index (χ1v) is 10.7. The van der Waals surface area contributed by atoms with Gasteiger partial charge in [0.1, 0.15) is 0 Å². The van der Waals surface area contributed by atoms with Gasteiger partial charge in [-0.2, -0.15) is 4.98 Å². The summed E-state index contributed by atoms with van der Waals surface area (Å²) in [5.41, 5.74) is 3.42. The number of rotatable bonds is 7. The van der Waals surface area contributed by atoms with Crippen LogP contribution in [0, 0.1) is 13.8 Å². The summed E-state index contributed by atoms with van der Waals surface area (Å²) in [7, 11) is 0. The molecule has 1 N–H and O–H groups in total. The fraction of sp³-hybridized carbons (Fsp3) is 0.522. The second-order valence-electron chi connectivity index (χ2n) is 7.97. The first-order chi connectivity index (χ1) is 14.0. The van der Waals surface area contributed by atoms with Crippen LogP contribution in [0.3, 0.4) is 0 Å². The standard InChI is InChI=1S/C23H32N4O2/c1-18-16-19(2)27(23(29)24-18)15-9-12-22(28)25-21-11-6-5-10-20(21)17-26-13-7-3-4-8-14-26/h5-6,10-11,16H,3-4,7-9,12-15,17H2,1-2H3,(H,25,28). The molecule has 0 atom stereocenters. The molecule has 2 aromatic rings. The molecule has 156 valence electrons. The van der Waals surface area contributed by atoms with E-state index in [-0.39, 0.29) is 11.6 Å². The largest absolute Gasteiger partial charge is 0.347 e. The van der Waals surface area contributed by atoms with Crippen molar-refractivity contribution in [2.24, 2.45) is 0 Å². The third-order valence-electron chi connectivity index (χ3n) is 5.52. The van der Waals surface area contributed by atoms with Crippen LogP contribution in [0.2, 0.25) is 0 Å². The molecule has 0 radical (unpaired) electrons. The van der Waals surface area contributed by atoms with Crippen LogP contribution in [-0.4, -0.2) is 33.4 Å². The highest BCUT2D eigenvalue weighted by atomic mass is 16.2. The molecule has 1 fully saturated rings. The van der Waals surface area contributed by atoms with Crippen LogP contribution in [0.25, 0.3) is 0 Å². The topological polar surface area (TPSA) is 67.2 Å². The van der Waals surface area contributed by atoms with E-state index in [0.717, 1.165) is 42.3 Å². The Bertz CT molecular complexity index is 883. The fourth-order valence-electron chi connectivity index (χ4n) is 3.97. The Morgan fingerprint density at radius 1 is 1.10 bits per heavy atom. The molecule has 29 heavy (non-hydrogen) atoms. The molecule has 6 heteroatoms. The Hall–Kier alpha value is -2.47. The molecule has 0 bridgehead atoms. The summed E-state index contributed by atoms with van der Waals surface area (Å²) in [6.45, 7) is 7.34. The summed E-state index contributed by atoms with van der Waals surface area (Å²) in [4.78, 5) is 31.0. The smallest absolute Gasteiger partial charge is 0.326 e. The summed E-state index contributed by atoms with van der Waals surface area (Å²) in [6, 6.07) is 9.95. The lowest BCUT2D eigenvalue weighted by Gasteiger charge is -2.21. The van der Waals surface area contributed by atoms with Gasteiger partial charge in [0.2, 0.25) is 5.91 Å². The van der Waals surface area contributed by atoms with Crippen molar-refractivity contribution in [2.75, 3.05) is 18.4 Å². The van der Waals surface area contributed by atoms with E-state index in [2.05, 4.69) is 21.3 Å². The zero-order valence-electron chi connectivity index (χ0n) is 17.6. The number of amides is 1. The third kappa shape index (κ3) is 6.26. The molecule has 1 aliphatic heterocycles. The van der Waals surface area contributed by atoms with Crippen molar-refractivity contribution in [1.29, 1.82) is 0 Å². The number of likely N-dealkylation sites (tertiary alicyclic amines) is 1. The number of hydrogen-bond acceptors (Lipinski definition) is 4. The minimum absolute atomic E-state index is 0.0147. The molecule has 1 aromatic heterocycles. The van der Waals surface area contributed by atoms with Crippen LogP contribution in [0.5, 0.6) is 0 Å². The normalized spacial score (nSPS) is 15.1. The Kier molecular flexibility index (Phi) is 7.58. The Labute approximate surface area is 173 Å². The van der Waals surface area contributed by atoms with Gasteiger partial charge in [0.05, 0.1) is 0 Å². The average molecular weight is 397 g/mol. The molecule has 1 amide bonds. The fourth-order valence-corrected chi connectivity index (χ4v) is 3.97. The number of aryl methyl sites for hydroxylation is 2. The first-order valence-electron chi connectivity index (χ1n) is 10.7. The molecule has 1 aromatic carbocycles. The average Bonchev–Trinajstić information content (AvgIpc) is 2.94. The molecule has 0 unspecified atom stereocenters. The number of nitrogens with zero attached hydrogens (tertiary/aromatic N) is 3. The maximum Gasteiger partial charge on any atom is 0.347 e. The van der Waals surface area contributed by atoms with E-state index in [9.17, 15) is 9.59 Å². The van der Waals surface area contributed by atoms with Crippen molar-refractivity contribution < 1.29 is 4.79 Å². The van der Waals surface area contributed by atoms with E-state index in [0.29, 0.717) is 19.4 Å². The minimum Gasteiger partial charge on any atom is -0.326 e. The van der Waals surface area contributed by atoms with Gasteiger partial charge >= 0.3 is 5.69 Å². The van der Waals surface area contributed by atoms with Gasteiger partial charge in [0.15, 0.2) is 0 Å². The summed E-state index contributed by atoms with van der Waals surface area (Å²) >= 11 is 0. The van der Waals surface area contributed by atoms with Gasteiger partial charge in [-0.25, -0.2) is 4.79 Å². The van der Waals surface area contributed by atoms with Gasteiger partial charge < -0.3 is 5.32 Å². The highest BCUT2D eigenvalue weighted by Gasteiger charge is 2.13. The Morgan fingerprint density at radius 2 is 1.83 bits per heavy atom. The van der Waals surface area contributed by atoms with Crippen LogP contribution in [0.4, 0.5) is 5.69 Å². The second kappa shape index (κ2) is 10.3. The molecule has 3 rings (SSSR count). The van der Waals surface area contributed by atoms with Crippen LogP contribution >= 0.6 is 0 Å². The summed E-state index contributed by atoms with van der Waals surface area (Å²) in [5, 5.41) is 3.07. The molecule has 1 aliphatic rings. The Morgan fingerprint density at radius 3 is 2.55 bits per heavy atom. The number of aromatic nitrogens is 2. The molecular weight excluding hydrogens is 364 g/mol. The van der Waals surface area contributed by atoms with Crippen molar-refractivity contribution in [2.45, 2.75) is 65.5 Å². The molecule has 0 aliphatic carbocycles. The van der Waals surface area contributed by atoms with Crippen molar-refractivity contribution in [3.8, 4) is 0 Å². The summed E-state index contributed by atoms with van der Waals surface area (Å²) < 4.78 is 1.63. The number of carbonyl (C=O) groups is 1. The van der Waals surface area contributed by atoms with Crippen molar-refractivity contribution >= 4 is 11.6 Å². The van der Waals surface area contributed by atoms with Gasteiger partial charge in [0.25, 0.3) is 0 Å². The molecule has 0 saturated carbocycles. The molecule has 1 saturated heterocycles. The molecule has 6 nitrogen and oxygen atoms in total. The second-order valence-corrected chi connectivity index (χ2v) is 7.97. The van der Waals surface area contributed by atoms with Gasteiger partial charge in [-0.1, -0.05) is 31.0 Å². The number of nitrogens with one attached hydrogen (secondary N) is 1. The van der Waals surface area contributed by atoms with Gasteiger partial charge in [0, 0.05) is 36.6 Å². The van der Waals surface area contributed by atoms with Crippen molar-refractivity contribution in [1.82, 2.24) is 14.5 Å². The zero-order chi connectivity index (χ0) is 20.6. The van der Waals surface area contributed by atoms with E-state index < -0.39 is 0 Å². The first kappa shape index (κ1) is 21.2. The van der Waals surface area contributed by atoms with E-state index in [1.807, 2.05) is 38.1 Å². The number of carbonyl (C=O) groups excluding carboxylic acids is 1. The lowest BCUT2D eigenvalue weighted by atomic mass is 10.1. The summed E-state index contributed by atoms with van der Waals surface area (Å²) in [5.74, 6) is -0.0147.